The molecule has 1 aliphatic rings. The highest BCUT2D eigenvalue weighted by Gasteiger charge is 2.18. The molecule has 0 saturated carbocycles. The van der Waals surface area contributed by atoms with E-state index in [1.165, 1.54) is 7.11 Å². The maximum absolute atomic E-state index is 11.1. The molecule has 1 aliphatic heterocycles. The summed E-state index contributed by atoms with van der Waals surface area (Å²) >= 11 is 0. The molecule has 1 rings (SSSR count). The lowest BCUT2D eigenvalue weighted by Gasteiger charge is -2.24. The first-order valence-corrected chi connectivity index (χ1v) is 5.66. The summed E-state index contributed by atoms with van der Waals surface area (Å²) in [5, 5.41) is 0. The molecule has 0 aromatic rings. The Bertz CT molecular complexity index is 207. The average Bonchev–Trinajstić information content (AvgIpc) is 2.43. The van der Waals surface area contributed by atoms with Crippen molar-refractivity contribution in [1.82, 2.24) is 9.80 Å². The van der Waals surface area contributed by atoms with Crippen LogP contribution in [0.5, 0.6) is 0 Å². The number of hydrogen-bond acceptors (Lipinski definition) is 4. The van der Waals surface area contributed by atoms with E-state index in [-0.39, 0.29) is 5.97 Å². The van der Waals surface area contributed by atoms with Crippen molar-refractivity contribution < 1.29 is 9.53 Å². The summed E-state index contributed by atoms with van der Waals surface area (Å²) in [4.78, 5) is 15.8. The van der Waals surface area contributed by atoms with Crippen LogP contribution >= 0.6 is 0 Å². The zero-order valence-corrected chi connectivity index (χ0v) is 10.0. The van der Waals surface area contributed by atoms with E-state index in [1.807, 2.05) is 0 Å². The third-order valence-electron chi connectivity index (χ3n) is 2.93. The molecule has 0 aromatic carbocycles. The van der Waals surface area contributed by atoms with Gasteiger partial charge in [-0.25, -0.2) is 0 Å². The van der Waals surface area contributed by atoms with Gasteiger partial charge in [-0.05, 0) is 26.8 Å². The second-order valence-electron chi connectivity index (χ2n) is 4.34. The van der Waals surface area contributed by atoms with Gasteiger partial charge in [-0.3, -0.25) is 14.6 Å². The lowest BCUT2D eigenvalue weighted by Crippen LogP contribution is -2.36. The van der Waals surface area contributed by atoms with Crippen LogP contribution in [0.25, 0.3) is 0 Å². The van der Waals surface area contributed by atoms with Crippen LogP contribution in [0.1, 0.15) is 20.3 Å². The number of methoxy groups -OCH3 is 1. The Morgan fingerprint density at radius 2 is 2.00 bits per heavy atom. The molecule has 1 fully saturated rings. The third-order valence-corrected chi connectivity index (χ3v) is 2.93. The number of hydrogen-bond donors (Lipinski definition) is 0. The minimum Gasteiger partial charge on any atom is -0.468 e. The molecule has 0 radical (unpaired) electrons. The van der Waals surface area contributed by atoms with Crippen molar-refractivity contribution in [2.45, 2.75) is 26.3 Å². The maximum Gasteiger partial charge on any atom is 0.319 e. The zero-order valence-electron chi connectivity index (χ0n) is 10.0. The molecule has 1 heterocycles. The monoisotopic (exact) mass is 214 g/mol. The van der Waals surface area contributed by atoms with Crippen LogP contribution in [0.15, 0.2) is 0 Å². The fourth-order valence-electron chi connectivity index (χ4n) is 1.91. The molecule has 0 aromatic heterocycles. The lowest BCUT2D eigenvalue weighted by atomic mass is 10.3. The Hall–Kier alpha value is -0.610. The fraction of sp³-hybridized carbons (Fsp3) is 0.909. The minimum atomic E-state index is -0.131. The van der Waals surface area contributed by atoms with E-state index in [2.05, 4.69) is 28.4 Å². The predicted molar refractivity (Wildman–Crippen MR) is 59.8 cm³/mol. The highest BCUT2D eigenvalue weighted by Crippen LogP contribution is 2.06. The minimum absolute atomic E-state index is 0.131. The Labute approximate surface area is 92.2 Å². The van der Waals surface area contributed by atoms with Crippen LogP contribution in [0, 0.1) is 0 Å². The summed E-state index contributed by atoms with van der Waals surface area (Å²) in [6.07, 6.45) is 1.13. The molecule has 0 N–H and O–H groups in total. The van der Waals surface area contributed by atoms with Crippen molar-refractivity contribution in [2.24, 2.45) is 0 Å². The molecular formula is C11H22N2O2. The molecule has 1 saturated heterocycles. The van der Waals surface area contributed by atoms with Gasteiger partial charge in [-0.1, -0.05) is 0 Å². The largest absolute Gasteiger partial charge is 0.468 e. The van der Waals surface area contributed by atoms with Gasteiger partial charge in [0.25, 0.3) is 0 Å². The van der Waals surface area contributed by atoms with Gasteiger partial charge >= 0.3 is 5.97 Å². The van der Waals surface area contributed by atoms with Gasteiger partial charge in [0.15, 0.2) is 0 Å². The first-order chi connectivity index (χ1) is 7.13. The van der Waals surface area contributed by atoms with Crippen molar-refractivity contribution in [2.75, 3.05) is 39.8 Å². The van der Waals surface area contributed by atoms with Crippen molar-refractivity contribution in [3.63, 3.8) is 0 Å². The number of carbonyl (C=O) groups excluding carboxylic acids is 1. The summed E-state index contributed by atoms with van der Waals surface area (Å²) in [6, 6.07) is 0.600. The van der Waals surface area contributed by atoms with Crippen LogP contribution in [0.4, 0.5) is 0 Å². The molecule has 0 amide bonds. The van der Waals surface area contributed by atoms with Crippen LogP contribution in [-0.2, 0) is 9.53 Å². The lowest BCUT2D eigenvalue weighted by molar-refractivity contribution is -0.141. The molecule has 4 nitrogen and oxygen atoms in total. The summed E-state index contributed by atoms with van der Waals surface area (Å²) < 4.78 is 4.67. The molecule has 0 unspecified atom stereocenters. The summed E-state index contributed by atoms with van der Waals surface area (Å²) in [6.45, 7) is 9.02. The maximum atomic E-state index is 11.1. The predicted octanol–water partition coefficient (Wildman–Crippen LogP) is 0.575. The van der Waals surface area contributed by atoms with Crippen LogP contribution in [0.2, 0.25) is 0 Å². The van der Waals surface area contributed by atoms with Gasteiger partial charge in [0.2, 0.25) is 0 Å². The van der Waals surface area contributed by atoms with Crippen molar-refractivity contribution >= 4 is 5.97 Å². The Morgan fingerprint density at radius 1 is 1.27 bits per heavy atom. The van der Waals surface area contributed by atoms with Gasteiger partial charge in [0, 0.05) is 25.7 Å². The standard InChI is InChI=1S/C11H22N2O2/c1-10(2)13-6-4-5-12(7-8-13)9-11(14)15-3/h10H,4-9H2,1-3H3. The molecule has 0 atom stereocenters. The van der Waals surface area contributed by atoms with E-state index in [9.17, 15) is 4.79 Å². The fourth-order valence-corrected chi connectivity index (χ4v) is 1.91. The van der Waals surface area contributed by atoms with Crippen LogP contribution < -0.4 is 0 Å². The van der Waals surface area contributed by atoms with Crippen molar-refractivity contribution in [1.29, 1.82) is 0 Å². The molecule has 88 valence electrons. The summed E-state index contributed by atoms with van der Waals surface area (Å²) in [5.41, 5.74) is 0. The molecule has 4 heteroatoms. The molecular weight excluding hydrogens is 192 g/mol. The molecule has 0 aliphatic carbocycles. The van der Waals surface area contributed by atoms with Gasteiger partial charge in [-0.2, -0.15) is 0 Å². The Kier molecular flexibility index (Phi) is 5.05. The number of rotatable bonds is 3. The van der Waals surface area contributed by atoms with Gasteiger partial charge in [-0.15, -0.1) is 0 Å². The topological polar surface area (TPSA) is 32.8 Å². The smallest absolute Gasteiger partial charge is 0.319 e. The average molecular weight is 214 g/mol. The van der Waals surface area contributed by atoms with E-state index >= 15 is 0 Å². The molecule has 0 spiro atoms. The molecule has 15 heavy (non-hydrogen) atoms. The quantitative estimate of drug-likeness (QED) is 0.643. The Morgan fingerprint density at radius 3 is 2.60 bits per heavy atom. The number of carbonyl (C=O) groups is 1. The normalized spacial score (nSPS) is 20.3. The highest BCUT2D eigenvalue weighted by molar-refractivity contribution is 5.71. The first-order valence-electron chi connectivity index (χ1n) is 5.66. The Balaban J connectivity index is 2.35. The SMILES string of the molecule is COC(=O)CN1CCCN(C(C)C)CC1. The summed E-state index contributed by atoms with van der Waals surface area (Å²) in [7, 11) is 1.45. The van der Waals surface area contributed by atoms with E-state index in [0.29, 0.717) is 12.6 Å². The number of esters is 1. The van der Waals surface area contributed by atoms with E-state index in [0.717, 1.165) is 32.6 Å². The second-order valence-corrected chi connectivity index (χ2v) is 4.34. The van der Waals surface area contributed by atoms with Gasteiger partial charge in [0.1, 0.15) is 0 Å². The number of ether oxygens (including phenoxy) is 1. The zero-order chi connectivity index (χ0) is 11.3. The van der Waals surface area contributed by atoms with Gasteiger partial charge < -0.3 is 4.74 Å². The van der Waals surface area contributed by atoms with Crippen LogP contribution in [0.3, 0.4) is 0 Å². The second kappa shape index (κ2) is 6.08. The van der Waals surface area contributed by atoms with Crippen molar-refractivity contribution in [3.8, 4) is 0 Å². The first kappa shape index (κ1) is 12.5. The van der Waals surface area contributed by atoms with Crippen molar-refractivity contribution in [3.05, 3.63) is 0 Å². The van der Waals surface area contributed by atoms with E-state index < -0.39 is 0 Å². The molecule has 0 bridgehead atoms. The number of nitrogens with zero attached hydrogens (tertiary/aromatic N) is 2. The highest BCUT2D eigenvalue weighted by atomic mass is 16.5. The third kappa shape index (κ3) is 4.18. The summed E-state index contributed by atoms with van der Waals surface area (Å²) in [5.74, 6) is -0.131. The van der Waals surface area contributed by atoms with Gasteiger partial charge in [0.05, 0.1) is 13.7 Å². The van der Waals surface area contributed by atoms with E-state index in [1.54, 1.807) is 0 Å². The van der Waals surface area contributed by atoms with E-state index in [4.69, 9.17) is 0 Å². The van der Waals surface area contributed by atoms with Crippen LogP contribution in [-0.4, -0.2) is 61.6 Å².